The SMILES string of the molecule is C[C@@H](Nc1cccc(C(N)=O)c1)[C@H]1CN(Cc2ccccc2)CCO1. The molecule has 1 aliphatic rings. The lowest BCUT2D eigenvalue weighted by Crippen LogP contribution is -2.48. The summed E-state index contributed by atoms with van der Waals surface area (Å²) < 4.78 is 5.96. The number of ether oxygens (including phenoxy) is 1. The van der Waals surface area contributed by atoms with Gasteiger partial charge in [0.1, 0.15) is 0 Å². The third kappa shape index (κ3) is 4.81. The van der Waals surface area contributed by atoms with E-state index in [2.05, 4.69) is 41.4 Å². The van der Waals surface area contributed by atoms with E-state index in [1.165, 1.54) is 5.56 Å². The van der Waals surface area contributed by atoms with E-state index >= 15 is 0 Å². The minimum absolute atomic E-state index is 0.0923. The van der Waals surface area contributed by atoms with Crippen LogP contribution in [0, 0.1) is 0 Å². The van der Waals surface area contributed by atoms with Crippen molar-refractivity contribution in [1.29, 1.82) is 0 Å². The molecule has 1 aliphatic heterocycles. The van der Waals surface area contributed by atoms with Gasteiger partial charge in [-0.25, -0.2) is 0 Å². The Kier molecular flexibility index (Phi) is 5.68. The molecule has 2 aromatic rings. The third-order valence-electron chi connectivity index (χ3n) is 4.53. The molecule has 1 heterocycles. The Morgan fingerprint density at radius 3 is 2.84 bits per heavy atom. The number of primary amides is 1. The quantitative estimate of drug-likeness (QED) is 0.848. The van der Waals surface area contributed by atoms with Gasteiger partial charge in [0.2, 0.25) is 5.91 Å². The largest absolute Gasteiger partial charge is 0.380 e. The summed E-state index contributed by atoms with van der Waals surface area (Å²) in [7, 11) is 0. The zero-order valence-corrected chi connectivity index (χ0v) is 14.5. The maximum Gasteiger partial charge on any atom is 0.248 e. The van der Waals surface area contributed by atoms with E-state index in [0.29, 0.717) is 5.56 Å². The highest BCUT2D eigenvalue weighted by atomic mass is 16.5. The van der Waals surface area contributed by atoms with E-state index in [1.54, 1.807) is 12.1 Å². The highest BCUT2D eigenvalue weighted by Crippen LogP contribution is 2.17. The summed E-state index contributed by atoms with van der Waals surface area (Å²) >= 11 is 0. The van der Waals surface area contributed by atoms with Gasteiger partial charge in [-0.15, -0.1) is 0 Å². The summed E-state index contributed by atoms with van der Waals surface area (Å²) in [6.07, 6.45) is 0.0923. The number of nitrogens with zero attached hydrogens (tertiary/aromatic N) is 1. The molecule has 1 amide bonds. The van der Waals surface area contributed by atoms with Crippen LogP contribution in [0.4, 0.5) is 5.69 Å². The number of nitrogens with two attached hydrogens (primary N) is 1. The number of benzene rings is 2. The fraction of sp³-hybridized carbons (Fsp3) is 0.350. The molecule has 3 N–H and O–H groups in total. The molecule has 5 heteroatoms. The number of hydrogen-bond acceptors (Lipinski definition) is 4. The van der Waals surface area contributed by atoms with Crippen molar-refractivity contribution in [3.63, 3.8) is 0 Å². The van der Waals surface area contributed by atoms with E-state index in [4.69, 9.17) is 10.5 Å². The topological polar surface area (TPSA) is 67.6 Å². The van der Waals surface area contributed by atoms with Gasteiger partial charge in [-0.3, -0.25) is 9.69 Å². The van der Waals surface area contributed by atoms with Crippen molar-refractivity contribution in [2.24, 2.45) is 5.73 Å². The normalized spacial score (nSPS) is 19.3. The Labute approximate surface area is 148 Å². The van der Waals surface area contributed by atoms with Crippen molar-refractivity contribution in [1.82, 2.24) is 4.90 Å². The lowest BCUT2D eigenvalue weighted by Gasteiger charge is -2.36. The molecule has 2 atom stereocenters. The maximum atomic E-state index is 11.3. The van der Waals surface area contributed by atoms with E-state index in [9.17, 15) is 4.79 Å². The summed E-state index contributed by atoms with van der Waals surface area (Å²) in [5.41, 5.74) is 8.06. The first-order valence-corrected chi connectivity index (χ1v) is 8.66. The van der Waals surface area contributed by atoms with Crippen LogP contribution in [0.3, 0.4) is 0 Å². The molecule has 0 bridgehead atoms. The first-order chi connectivity index (χ1) is 12.1. The zero-order valence-electron chi connectivity index (χ0n) is 14.5. The van der Waals surface area contributed by atoms with Crippen LogP contribution in [0.25, 0.3) is 0 Å². The number of hydrogen-bond donors (Lipinski definition) is 2. The van der Waals surface area contributed by atoms with Crippen molar-refractivity contribution in [2.75, 3.05) is 25.0 Å². The summed E-state index contributed by atoms with van der Waals surface area (Å²) in [5.74, 6) is -0.417. The molecule has 0 unspecified atom stereocenters. The van der Waals surface area contributed by atoms with Crippen molar-refractivity contribution in [3.05, 3.63) is 65.7 Å². The van der Waals surface area contributed by atoms with Gasteiger partial charge in [0, 0.05) is 30.9 Å². The van der Waals surface area contributed by atoms with Gasteiger partial charge in [-0.1, -0.05) is 36.4 Å². The lowest BCUT2D eigenvalue weighted by atomic mass is 10.1. The van der Waals surface area contributed by atoms with Crippen LogP contribution < -0.4 is 11.1 Å². The van der Waals surface area contributed by atoms with Gasteiger partial charge in [0.25, 0.3) is 0 Å². The van der Waals surface area contributed by atoms with Gasteiger partial charge in [0.15, 0.2) is 0 Å². The Hall–Kier alpha value is -2.37. The molecule has 25 heavy (non-hydrogen) atoms. The summed E-state index contributed by atoms with van der Waals surface area (Å²) in [5, 5.41) is 3.43. The van der Waals surface area contributed by atoms with Crippen LogP contribution >= 0.6 is 0 Å². The fourth-order valence-electron chi connectivity index (χ4n) is 3.14. The molecular weight excluding hydrogens is 314 g/mol. The molecule has 0 saturated carbocycles. The fourth-order valence-corrected chi connectivity index (χ4v) is 3.14. The van der Waals surface area contributed by atoms with Gasteiger partial charge in [-0.05, 0) is 30.7 Å². The summed E-state index contributed by atoms with van der Waals surface area (Å²) in [4.78, 5) is 13.7. The number of nitrogens with one attached hydrogen (secondary N) is 1. The molecule has 5 nitrogen and oxygen atoms in total. The first-order valence-electron chi connectivity index (χ1n) is 8.66. The molecule has 0 spiro atoms. The molecule has 3 rings (SSSR count). The number of carbonyl (C=O) groups is 1. The molecule has 132 valence electrons. The average molecular weight is 339 g/mol. The second-order valence-electron chi connectivity index (χ2n) is 6.51. The molecule has 2 aromatic carbocycles. The highest BCUT2D eigenvalue weighted by molar-refractivity contribution is 5.93. The van der Waals surface area contributed by atoms with Gasteiger partial charge in [0.05, 0.1) is 18.8 Å². The maximum absolute atomic E-state index is 11.3. The minimum Gasteiger partial charge on any atom is -0.380 e. The first kappa shape index (κ1) is 17.5. The number of amides is 1. The average Bonchev–Trinajstić information content (AvgIpc) is 2.63. The van der Waals surface area contributed by atoms with E-state index < -0.39 is 5.91 Å². The van der Waals surface area contributed by atoms with Crippen molar-refractivity contribution in [3.8, 4) is 0 Å². The second-order valence-corrected chi connectivity index (χ2v) is 6.51. The smallest absolute Gasteiger partial charge is 0.248 e. The lowest BCUT2D eigenvalue weighted by molar-refractivity contribution is -0.0373. The van der Waals surface area contributed by atoms with E-state index in [1.807, 2.05) is 18.2 Å². The predicted molar refractivity (Wildman–Crippen MR) is 99.5 cm³/mol. The Morgan fingerprint density at radius 2 is 2.08 bits per heavy atom. The summed E-state index contributed by atoms with van der Waals surface area (Å²) in [6, 6.07) is 17.9. The Bertz CT molecular complexity index is 705. The van der Waals surface area contributed by atoms with Crippen LogP contribution in [0.5, 0.6) is 0 Å². The monoisotopic (exact) mass is 339 g/mol. The molecule has 0 radical (unpaired) electrons. The number of morpholine rings is 1. The van der Waals surface area contributed by atoms with Crippen molar-refractivity contribution in [2.45, 2.75) is 25.6 Å². The van der Waals surface area contributed by atoms with Gasteiger partial charge >= 0.3 is 0 Å². The van der Waals surface area contributed by atoms with Crippen LogP contribution in [0.1, 0.15) is 22.8 Å². The molecule has 0 aromatic heterocycles. The second kappa shape index (κ2) is 8.14. The van der Waals surface area contributed by atoms with E-state index in [-0.39, 0.29) is 12.1 Å². The Morgan fingerprint density at radius 1 is 1.28 bits per heavy atom. The van der Waals surface area contributed by atoms with Gasteiger partial charge < -0.3 is 15.8 Å². The van der Waals surface area contributed by atoms with Crippen LogP contribution in [-0.4, -0.2) is 42.6 Å². The van der Waals surface area contributed by atoms with Crippen molar-refractivity contribution < 1.29 is 9.53 Å². The van der Waals surface area contributed by atoms with Crippen LogP contribution in [-0.2, 0) is 11.3 Å². The number of carbonyl (C=O) groups excluding carboxylic acids is 1. The minimum atomic E-state index is -0.417. The molecule has 1 fully saturated rings. The van der Waals surface area contributed by atoms with E-state index in [0.717, 1.165) is 31.9 Å². The van der Waals surface area contributed by atoms with Crippen LogP contribution in [0.2, 0.25) is 0 Å². The molecular formula is C20H25N3O2. The van der Waals surface area contributed by atoms with Crippen LogP contribution in [0.15, 0.2) is 54.6 Å². The summed E-state index contributed by atoms with van der Waals surface area (Å²) in [6.45, 7) is 5.58. The number of rotatable bonds is 6. The molecule has 0 aliphatic carbocycles. The number of anilines is 1. The molecule has 1 saturated heterocycles. The third-order valence-corrected chi connectivity index (χ3v) is 4.53. The highest BCUT2D eigenvalue weighted by Gasteiger charge is 2.25. The standard InChI is InChI=1S/C20H25N3O2/c1-15(22-18-9-5-8-17(12-18)20(21)24)19-14-23(10-11-25-19)13-16-6-3-2-4-7-16/h2-9,12,15,19,22H,10-11,13-14H2,1H3,(H2,21,24)/t15-,19-/m1/s1. The zero-order chi connectivity index (χ0) is 17.6. The van der Waals surface area contributed by atoms with Crippen molar-refractivity contribution >= 4 is 11.6 Å². The van der Waals surface area contributed by atoms with Gasteiger partial charge in [-0.2, -0.15) is 0 Å². The predicted octanol–water partition coefficient (Wildman–Crippen LogP) is 2.49. The Balaban J connectivity index is 1.59.